The maximum absolute atomic E-state index is 13.0. The fraction of sp³-hybridized carbons (Fsp3) is 0.464. The first-order valence-electron chi connectivity index (χ1n) is 12.8. The summed E-state index contributed by atoms with van der Waals surface area (Å²) in [5.74, 6) is -1.18. The minimum Gasteiger partial charge on any atom is -0.483 e. The molecule has 204 valence electrons. The van der Waals surface area contributed by atoms with Crippen LogP contribution in [0, 0.1) is 0 Å². The van der Waals surface area contributed by atoms with Crippen molar-refractivity contribution in [2.45, 2.75) is 63.5 Å². The summed E-state index contributed by atoms with van der Waals surface area (Å²) in [5.41, 5.74) is 4.69. The van der Waals surface area contributed by atoms with E-state index in [1.807, 2.05) is 0 Å². The molecule has 2 aromatic carbocycles. The number of nitrogens with zero attached hydrogens (tertiary/aromatic N) is 3. The van der Waals surface area contributed by atoms with Crippen molar-refractivity contribution in [3.63, 3.8) is 0 Å². The van der Waals surface area contributed by atoms with Crippen LogP contribution in [0.4, 0.5) is 14.5 Å². The highest BCUT2D eigenvalue weighted by Gasteiger charge is 2.30. The summed E-state index contributed by atoms with van der Waals surface area (Å²) in [7, 11) is 2.10. The second-order valence-corrected chi connectivity index (χ2v) is 9.87. The molecule has 0 saturated carbocycles. The average Bonchev–Trinajstić information content (AvgIpc) is 3.28. The smallest absolute Gasteiger partial charge is 0.311 e. The zero-order valence-corrected chi connectivity index (χ0v) is 21.5. The van der Waals surface area contributed by atoms with E-state index in [0.717, 1.165) is 43.3 Å². The van der Waals surface area contributed by atoms with Gasteiger partial charge in [0, 0.05) is 42.9 Å². The Hall–Kier alpha value is -3.53. The normalized spacial score (nSPS) is 20.0. The Labute approximate surface area is 219 Å². The molecule has 1 aromatic heterocycles. The number of aliphatic carboxylic acids is 1. The molecule has 10 heteroatoms. The summed E-state index contributed by atoms with van der Waals surface area (Å²) in [6, 6.07) is 10.4. The summed E-state index contributed by atoms with van der Waals surface area (Å²) < 4.78 is 34.0. The van der Waals surface area contributed by atoms with Gasteiger partial charge < -0.3 is 24.4 Å². The predicted octanol–water partition coefficient (Wildman–Crippen LogP) is 5.21. The maximum atomic E-state index is 13.0. The Morgan fingerprint density at radius 2 is 1.87 bits per heavy atom. The standard InChI is InChI=1S/C27H31F2N3O3.CH2O2/c1-16-5-10-20-22(31(16)2)11-12-23-25(20)30-24(32(23)19-4-3-13-35-15-19)14-21(27(33)34)17-6-8-18(9-7-17)26(28)29;2-1-3/h6-9,11-12,16,19,21,26H,3-5,10,13-15H2,1-2H3,(H,33,34);1H,(H,2,3). The monoisotopic (exact) mass is 529 g/mol. The number of rotatable bonds is 6. The number of ether oxygens (including phenoxy) is 1. The van der Waals surface area contributed by atoms with Gasteiger partial charge in [0.15, 0.2) is 0 Å². The SMILES string of the molecule is CC1CCc2c(ccc3c2nc(CC(C(=O)O)c2ccc(C(F)F)cc2)n3C2CCCOC2)N1C.O=CO. The molecule has 2 aliphatic rings. The van der Waals surface area contributed by atoms with Crippen LogP contribution in [0.25, 0.3) is 11.0 Å². The second-order valence-electron chi connectivity index (χ2n) is 9.87. The van der Waals surface area contributed by atoms with Gasteiger partial charge in [-0.1, -0.05) is 24.3 Å². The van der Waals surface area contributed by atoms with Crippen LogP contribution >= 0.6 is 0 Å². The summed E-state index contributed by atoms with van der Waals surface area (Å²) in [5, 5.41) is 17.0. The highest BCUT2D eigenvalue weighted by molar-refractivity contribution is 5.86. The van der Waals surface area contributed by atoms with Gasteiger partial charge in [0.1, 0.15) is 5.82 Å². The van der Waals surface area contributed by atoms with Crippen LogP contribution < -0.4 is 4.90 Å². The van der Waals surface area contributed by atoms with E-state index in [4.69, 9.17) is 19.6 Å². The largest absolute Gasteiger partial charge is 0.483 e. The van der Waals surface area contributed by atoms with Gasteiger partial charge >= 0.3 is 5.97 Å². The molecule has 3 aromatic rings. The Balaban J connectivity index is 0.00000107. The van der Waals surface area contributed by atoms with Crippen LogP contribution in [0.2, 0.25) is 0 Å². The van der Waals surface area contributed by atoms with Crippen molar-refractivity contribution in [2.75, 3.05) is 25.2 Å². The number of carbonyl (C=O) groups is 2. The average molecular weight is 530 g/mol. The lowest BCUT2D eigenvalue weighted by atomic mass is 9.94. The zero-order valence-electron chi connectivity index (χ0n) is 21.5. The molecule has 5 rings (SSSR count). The first kappa shape index (κ1) is 27.5. The maximum Gasteiger partial charge on any atom is 0.311 e. The lowest BCUT2D eigenvalue weighted by Crippen LogP contribution is -2.33. The van der Waals surface area contributed by atoms with Crippen molar-refractivity contribution in [3.05, 3.63) is 58.9 Å². The third-order valence-corrected chi connectivity index (χ3v) is 7.65. The molecular formula is C28H33F2N3O5. The molecule has 3 heterocycles. The van der Waals surface area contributed by atoms with Crippen LogP contribution in [0.3, 0.4) is 0 Å². The fourth-order valence-corrected chi connectivity index (χ4v) is 5.50. The van der Waals surface area contributed by atoms with E-state index in [1.165, 1.54) is 35.5 Å². The quantitative estimate of drug-likeness (QED) is 0.423. The number of aryl methyl sites for hydroxylation is 1. The van der Waals surface area contributed by atoms with Crippen molar-refractivity contribution in [1.82, 2.24) is 9.55 Å². The molecule has 8 nitrogen and oxygen atoms in total. The minimum atomic E-state index is -2.59. The number of halogens is 2. The summed E-state index contributed by atoms with van der Waals surface area (Å²) in [6.07, 6.45) is 1.42. The Kier molecular flexibility index (Phi) is 8.61. The number of alkyl halides is 2. The summed E-state index contributed by atoms with van der Waals surface area (Å²) in [6.45, 7) is 3.26. The third kappa shape index (κ3) is 5.50. The molecule has 3 atom stereocenters. The topological polar surface area (TPSA) is 105 Å². The molecule has 0 amide bonds. The van der Waals surface area contributed by atoms with E-state index in [-0.39, 0.29) is 24.5 Å². The Morgan fingerprint density at radius 3 is 2.47 bits per heavy atom. The van der Waals surface area contributed by atoms with Crippen LogP contribution in [-0.4, -0.2) is 58.5 Å². The van der Waals surface area contributed by atoms with E-state index in [1.54, 1.807) is 0 Å². The van der Waals surface area contributed by atoms with E-state index in [2.05, 4.69) is 35.6 Å². The van der Waals surface area contributed by atoms with Crippen LogP contribution in [0.15, 0.2) is 36.4 Å². The van der Waals surface area contributed by atoms with E-state index in [9.17, 15) is 18.7 Å². The molecule has 3 unspecified atom stereocenters. The van der Waals surface area contributed by atoms with Gasteiger partial charge in [-0.05, 0) is 50.3 Å². The van der Waals surface area contributed by atoms with E-state index >= 15 is 0 Å². The van der Waals surface area contributed by atoms with Crippen LogP contribution in [0.5, 0.6) is 0 Å². The lowest BCUT2D eigenvalue weighted by molar-refractivity contribution is -0.138. The van der Waals surface area contributed by atoms with Crippen molar-refractivity contribution >= 4 is 29.2 Å². The van der Waals surface area contributed by atoms with Gasteiger partial charge in [0.05, 0.1) is 29.6 Å². The zero-order chi connectivity index (χ0) is 27.4. The van der Waals surface area contributed by atoms with Crippen molar-refractivity contribution < 1.29 is 33.3 Å². The molecule has 0 aliphatic carbocycles. The van der Waals surface area contributed by atoms with Crippen LogP contribution in [-0.2, 0) is 27.2 Å². The molecule has 2 aliphatic heterocycles. The van der Waals surface area contributed by atoms with Gasteiger partial charge in [-0.25, -0.2) is 13.8 Å². The minimum absolute atomic E-state index is 0.0812. The molecule has 1 saturated heterocycles. The number of imidazole rings is 1. The van der Waals surface area contributed by atoms with Gasteiger partial charge in [-0.2, -0.15) is 0 Å². The second kappa shape index (κ2) is 11.9. The predicted molar refractivity (Wildman–Crippen MR) is 139 cm³/mol. The van der Waals surface area contributed by atoms with E-state index < -0.39 is 18.3 Å². The molecule has 0 spiro atoms. The number of carboxylic acids is 1. The number of hydrogen-bond donors (Lipinski definition) is 2. The van der Waals surface area contributed by atoms with Gasteiger partial charge in [0.2, 0.25) is 0 Å². The molecule has 1 fully saturated rings. The number of hydrogen-bond acceptors (Lipinski definition) is 5. The van der Waals surface area contributed by atoms with Gasteiger partial charge in [-0.3, -0.25) is 9.59 Å². The third-order valence-electron chi connectivity index (χ3n) is 7.65. The Morgan fingerprint density at radius 1 is 1.18 bits per heavy atom. The molecule has 0 bridgehead atoms. The highest BCUT2D eigenvalue weighted by Crippen LogP contribution is 2.38. The number of anilines is 1. The van der Waals surface area contributed by atoms with Crippen molar-refractivity contribution in [3.8, 4) is 0 Å². The molecule has 2 N–H and O–H groups in total. The lowest BCUT2D eigenvalue weighted by Gasteiger charge is -2.34. The number of aromatic nitrogens is 2. The number of carboxylic acid groups (broad SMARTS) is 2. The van der Waals surface area contributed by atoms with Gasteiger partial charge in [-0.15, -0.1) is 0 Å². The molecule has 0 radical (unpaired) electrons. The summed E-state index contributed by atoms with van der Waals surface area (Å²) in [4.78, 5) is 28.0. The first-order valence-corrected chi connectivity index (χ1v) is 12.8. The number of fused-ring (bicyclic) bond motifs is 3. The fourth-order valence-electron chi connectivity index (χ4n) is 5.50. The summed E-state index contributed by atoms with van der Waals surface area (Å²) >= 11 is 0. The first-order chi connectivity index (χ1) is 18.3. The highest BCUT2D eigenvalue weighted by atomic mass is 19.3. The molecule has 38 heavy (non-hydrogen) atoms. The van der Waals surface area contributed by atoms with Gasteiger partial charge in [0.25, 0.3) is 12.9 Å². The van der Waals surface area contributed by atoms with Crippen molar-refractivity contribution in [1.29, 1.82) is 0 Å². The van der Waals surface area contributed by atoms with Crippen molar-refractivity contribution in [2.24, 2.45) is 0 Å². The van der Waals surface area contributed by atoms with Crippen LogP contribution in [0.1, 0.15) is 67.1 Å². The molecular weight excluding hydrogens is 496 g/mol. The number of benzene rings is 2. The Bertz CT molecular complexity index is 1270. The van der Waals surface area contributed by atoms with E-state index in [0.29, 0.717) is 24.0 Å².